The molecule has 0 saturated carbocycles. The maximum atomic E-state index is 14.2. The van der Waals surface area contributed by atoms with Crippen molar-refractivity contribution in [3.05, 3.63) is 72.2 Å². The molecular weight excluding hydrogens is 500 g/mol. The van der Waals surface area contributed by atoms with Gasteiger partial charge in [0.05, 0.1) is 22.3 Å². The number of benzene rings is 2. The van der Waals surface area contributed by atoms with Crippen molar-refractivity contribution >= 4 is 39.4 Å². The second kappa shape index (κ2) is 9.25. The maximum absolute atomic E-state index is 14.2. The number of hydrogen-bond acceptors (Lipinski definition) is 4. The SMILES string of the molecule is C=C(c1nc2ccccc2[nH]1)N1CC2CC[C@@]1(C)CN2C(=O)[C@@H](NC(=O)c1cc2cccc(C)c2[nH]1)C(C)(C)C. The van der Waals surface area contributed by atoms with Crippen LogP contribution in [0.4, 0.5) is 0 Å². The van der Waals surface area contributed by atoms with Crippen LogP contribution in [0.2, 0.25) is 0 Å². The minimum absolute atomic E-state index is 0.0296. The van der Waals surface area contributed by atoms with Gasteiger partial charge in [0.1, 0.15) is 11.7 Å². The van der Waals surface area contributed by atoms with Crippen molar-refractivity contribution in [1.29, 1.82) is 0 Å². The molecule has 2 amide bonds. The van der Waals surface area contributed by atoms with Gasteiger partial charge in [-0.1, -0.05) is 57.7 Å². The number of aromatic nitrogens is 3. The molecular formula is C32H38N6O2. The van der Waals surface area contributed by atoms with E-state index < -0.39 is 11.5 Å². The minimum Gasteiger partial charge on any atom is -0.360 e. The third-order valence-corrected chi connectivity index (χ3v) is 8.78. The Hall–Kier alpha value is -4.07. The third-order valence-electron chi connectivity index (χ3n) is 8.78. The van der Waals surface area contributed by atoms with Crippen LogP contribution in [0.25, 0.3) is 27.6 Å². The minimum atomic E-state index is -0.664. The van der Waals surface area contributed by atoms with Crippen LogP contribution in [-0.2, 0) is 4.79 Å². The van der Waals surface area contributed by atoms with Crippen molar-refractivity contribution in [2.45, 2.75) is 65.1 Å². The molecule has 3 fully saturated rings. The first-order valence-electron chi connectivity index (χ1n) is 14.1. The van der Waals surface area contributed by atoms with Gasteiger partial charge in [-0.2, -0.15) is 0 Å². The molecule has 0 spiro atoms. The summed E-state index contributed by atoms with van der Waals surface area (Å²) in [5.74, 6) is 0.469. The number of piperazine rings is 1. The van der Waals surface area contributed by atoms with E-state index in [2.05, 4.69) is 33.7 Å². The number of rotatable bonds is 5. The molecule has 208 valence electrons. The van der Waals surface area contributed by atoms with Crippen LogP contribution >= 0.6 is 0 Å². The normalized spacial score (nSPS) is 21.7. The average Bonchev–Trinajstić information content (AvgIpc) is 3.55. The van der Waals surface area contributed by atoms with Gasteiger partial charge in [-0.05, 0) is 55.9 Å². The Labute approximate surface area is 234 Å². The van der Waals surface area contributed by atoms with Gasteiger partial charge in [0.15, 0.2) is 5.82 Å². The van der Waals surface area contributed by atoms with Crippen molar-refractivity contribution in [1.82, 2.24) is 30.1 Å². The van der Waals surface area contributed by atoms with E-state index in [4.69, 9.17) is 4.98 Å². The fraction of sp³-hybridized carbons (Fsp3) is 0.406. The van der Waals surface area contributed by atoms with Crippen LogP contribution in [-0.4, -0.2) is 67.3 Å². The molecule has 3 aliphatic rings. The number of piperidine rings is 2. The van der Waals surface area contributed by atoms with E-state index in [9.17, 15) is 9.59 Å². The molecule has 7 rings (SSSR count). The van der Waals surface area contributed by atoms with E-state index in [0.29, 0.717) is 18.8 Å². The molecule has 40 heavy (non-hydrogen) atoms. The van der Waals surface area contributed by atoms with E-state index in [-0.39, 0.29) is 23.4 Å². The van der Waals surface area contributed by atoms with Gasteiger partial charge in [0, 0.05) is 30.0 Å². The zero-order valence-electron chi connectivity index (χ0n) is 24.0. The zero-order valence-corrected chi connectivity index (χ0v) is 24.0. The van der Waals surface area contributed by atoms with Crippen LogP contribution in [0.1, 0.15) is 62.4 Å². The van der Waals surface area contributed by atoms with E-state index in [1.807, 2.05) is 81.1 Å². The molecule has 3 saturated heterocycles. The number of aromatic amines is 2. The monoisotopic (exact) mass is 538 g/mol. The summed E-state index contributed by atoms with van der Waals surface area (Å²) in [4.78, 5) is 43.3. The Morgan fingerprint density at radius 1 is 1.15 bits per heavy atom. The second-order valence-electron chi connectivity index (χ2n) is 12.8. The Morgan fingerprint density at radius 2 is 1.93 bits per heavy atom. The van der Waals surface area contributed by atoms with Crippen molar-refractivity contribution < 1.29 is 9.59 Å². The molecule has 2 aromatic carbocycles. The van der Waals surface area contributed by atoms with E-state index in [1.54, 1.807) is 0 Å². The Morgan fingerprint density at radius 3 is 2.62 bits per heavy atom. The standard InChI is InChI=1S/C32H38N6O2/c1-19-10-9-11-21-16-25(33-26(19)21)29(39)36-27(31(3,4)5)30(40)37-18-32(6)15-14-22(37)17-38(32)20(2)28-34-23-12-7-8-13-24(23)35-28/h7-13,16,22,27,33H,2,14-15,17-18H2,1,3-6H3,(H,34,35)(H,36,39)/t22?,27-,32+/m1/s1. The topological polar surface area (TPSA) is 97.1 Å². The van der Waals surface area contributed by atoms with Gasteiger partial charge in [-0.25, -0.2) is 4.98 Å². The number of fused-ring (bicyclic) bond motifs is 5. The summed E-state index contributed by atoms with van der Waals surface area (Å²) < 4.78 is 0. The van der Waals surface area contributed by atoms with E-state index >= 15 is 0 Å². The van der Waals surface area contributed by atoms with Gasteiger partial charge >= 0.3 is 0 Å². The number of para-hydroxylation sites is 3. The number of nitrogens with zero attached hydrogens (tertiary/aromatic N) is 3. The molecule has 0 aliphatic carbocycles. The fourth-order valence-electron chi connectivity index (χ4n) is 6.41. The molecule has 3 N–H and O–H groups in total. The lowest BCUT2D eigenvalue weighted by Gasteiger charge is -2.59. The number of carbonyl (C=O) groups excluding carboxylic acids is 2. The molecule has 3 aliphatic heterocycles. The first-order chi connectivity index (χ1) is 18.9. The van der Waals surface area contributed by atoms with Crippen LogP contribution < -0.4 is 5.32 Å². The van der Waals surface area contributed by atoms with Crippen molar-refractivity contribution in [3.63, 3.8) is 0 Å². The van der Waals surface area contributed by atoms with Gasteiger partial charge in [-0.3, -0.25) is 9.59 Å². The van der Waals surface area contributed by atoms with Gasteiger partial charge in [-0.15, -0.1) is 0 Å². The van der Waals surface area contributed by atoms with Crippen LogP contribution in [0.5, 0.6) is 0 Å². The van der Waals surface area contributed by atoms with Crippen LogP contribution in [0, 0.1) is 12.3 Å². The number of hydrogen-bond donors (Lipinski definition) is 3. The Balaban J connectivity index is 1.22. The first kappa shape index (κ1) is 26.2. The van der Waals surface area contributed by atoms with Gasteiger partial charge in [0.25, 0.3) is 5.91 Å². The number of H-pyrrole nitrogens is 2. The smallest absolute Gasteiger partial charge is 0.268 e. The van der Waals surface area contributed by atoms with E-state index in [0.717, 1.165) is 51.9 Å². The van der Waals surface area contributed by atoms with Crippen molar-refractivity contribution in [3.8, 4) is 0 Å². The lowest BCUT2D eigenvalue weighted by Crippen LogP contribution is -2.71. The van der Waals surface area contributed by atoms with Crippen molar-refractivity contribution in [2.75, 3.05) is 13.1 Å². The van der Waals surface area contributed by atoms with Gasteiger partial charge in [0.2, 0.25) is 5.91 Å². The third kappa shape index (κ3) is 4.35. The highest BCUT2D eigenvalue weighted by atomic mass is 16.2. The largest absolute Gasteiger partial charge is 0.360 e. The number of nitrogens with one attached hydrogen (secondary N) is 3. The molecule has 4 aromatic rings. The fourth-order valence-corrected chi connectivity index (χ4v) is 6.41. The highest BCUT2D eigenvalue weighted by Gasteiger charge is 2.51. The second-order valence-corrected chi connectivity index (χ2v) is 12.8. The predicted octanol–water partition coefficient (Wildman–Crippen LogP) is 5.23. The number of aryl methyl sites for hydroxylation is 1. The number of imidazole rings is 1. The number of amides is 2. The lowest BCUT2D eigenvalue weighted by atomic mass is 9.78. The highest BCUT2D eigenvalue weighted by molar-refractivity contribution is 6.01. The molecule has 2 bridgehead atoms. The molecule has 5 heterocycles. The van der Waals surface area contributed by atoms with Crippen molar-refractivity contribution in [2.24, 2.45) is 5.41 Å². The van der Waals surface area contributed by atoms with Crippen LogP contribution in [0.15, 0.2) is 55.1 Å². The Bertz CT molecular complexity index is 1610. The Kier molecular flexibility index (Phi) is 6.05. The zero-order chi connectivity index (χ0) is 28.4. The summed E-state index contributed by atoms with van der Waals surface area (Å²) >= 11 is 0. The summed E-state index contributed by atoms with van der Waals surface area (Å²) in [5, 5.41) is 4.07. The molecule has 0 radical (unpaired) electrons. The molecule has 8 heteroatoms. The molecule has 8 nitrogen and oxygen atoms in total. The van der Waals surface area contributed by atoms with E-state index in [1.165, 1.54) is 0 Å². The number of carbonyl (C=O) groups is 2. The maximum Gasteiger partial charge on any atom is 0.268 e. The summed E-state index contributed by atoms with van der Waals surface area (Å²) in [6, 6.07) is 15.2. The summed E-state index contributed by atoms with van der Waals surface area (Å²) in [7, 11) is 0. The first-order valence-corrected chi connectivity index (χ1v) is 14.1. The molecule has 2 aromatic heterocycles. The van der Waals surface area contributed by atoms with Gasteiger partial charge < -0.3 is 25.1 Å². The van der Waals surface area contributed by atoms with Crippen LogP contribution in [0.3, 0.4) is 0 Å². The summed E-state index contributed by atoms with van der Waals surface area (Å²) in [6.07, 6.45) is 1.87. The molecule has 3 atom stereocenters. The quantitative estimate of drug-likeness (QED) is 0.324. The average molecular weight is 539 g/mol. The summed E-state index contributed by atoms with van der Waals surface area (Å²) in [5.41, 5.74) is 4.49. The lowest BCUT2D eigenvalue weighted by molar-refractivity contribution is -0.149. The highest BCUT2D eigenvalue weighted by Crippen LogP contribution is 2.42. The molecule has 1 unspecified atom stereocenters. The predicted molar refractivity (Wildman–Crippen MR) is 159 cm³/mol. The summed E-state index contributed by atoms with van der Waals surface area (Å²) in [6.45, 7) is 15.9.